The Morgan fingerprint density at radius 2 is 1.96 bits per heavy atom. The third-order valence-corrected chi connectivity index (χ3v) is 8.33. The molecule has 1 amide bonds. The van der Waals surface area contributed by atoms with E-state index in [0.717, 1.165) is 0 Å². The average Bonchev–Trinajstić information content (AvgIpc) is 2.53. The number of carbonyl (C=O) groups is 1. The maximum atomic E-state index is 14.6. The maximum absolute atomic E-state index is 14.6. The van der Waals surface area contributed by atoms with Crippen LogP contribution in [0, 0.1) is 5.82 Å². The zero-order valence-corrected chi connectivity index (χ0v) is 18.3. The number of nitrogens with one attached hydrogen (secondary N) is 2. The molecule has 7 nitrogen and oxygen atoms in total. The van der Waals surface area contributed by atoms with Gasteiger partial charge in [0.15, 0.2) is 0 Å². The zero-order chi connectivity index (χ0) is 21.5. The van der Waals surface area contributed by atoms with Crippen LogP contribution in [0.5, 0.6) is 0 Å². The van der Waals surface area contributed by atoms with Crippen LogP contribution < -0.4 is 15.8 Å². The second-order valence-corrected chi connectivity index (χ2v) is 11.8. The van der Waals surface area contributed by atoms with Gasteiger partial charge in [-0.2, -0.15) is 0 Å². The van der Waals surface area contributed by atoms with Crippen LogP contribution in [0.1, 0.15) is 47.1 Å². The van der Waals surface area contributed by atoms with Gasteiger partial charge in [-0.05, 0) is 66.8 Å². The van der Waals surface area contributed by atoms with E-state index in [2.05, 4.69) is 15.0 Å². The number of nitrogen functional groups attached to an aromatic ring is 1. The summed E-state index contributed by atoms with van der Waals surface area (Å²) < 4.78 is 33.5. The first kappa shape index (κ1) is 22.4. The van der Waals surface area contributed by atoms with Gasteiger partial charge in [0, 0.05) is 17.0 Å². The first-order valence-electron chi connectivity index (χ1n) is 9.01. The minimum atomic E-state index is -2.54. The van der Waals surface area contributed by atoms with Crippen LogP contribution in [0.15, 0.2) is 23.2 Å². The largest absolute Gasteiger partial charge is 0.444 e. The van der Waals surface area contributed by atoms with Gasteiger partial charge in [-0.1, -0.05) is 10.5 Å². The van der Waals surface area contributed by atoms with Crippen molar-refractivity contribution in [3.63, 3.8) is 0 Å². The molecule has 0 aliphatic carbocycles. The summed E-state index contributed by atoms with van der Waals surface area (Å²) in [6.07, 6.45) is -0.686. The number of halogens is 1. The third kappa shape index (κ3) is 4.26. The van der Waals surface area contributed by atoms with E-state index in [1.807, 2.05) is 0 Å². The number of nitrogens with zero attached hydrogens (tertiary/aromatic N) is 1. The summed E-state index contributed by atoms with van der Waals surface area (Å²) in [6.45, 7) is 10.5. The van der Waals surface area contributed by atoms with Crippen molar-refractivity contribution in [1.29, 1.82) is 0 Å². The lowest BCUT2D eigenvalue weighted by atomic mass is 9.92. The van der Waals surface area contributed by atoms with Crippen LogP contribution >= 0.6 is 10.5 Å². The number of nitrogens with two attached hydrogens (primary N) is 1. The second-order valence-electron chi connectivity index (χ2n) is 8.66. The Morgan fingerprint density at radius 1 is 1.36 bits per heavy atom. The molecule has 1 heterocycles. The minimum absolute atomic E-state index is 0.156. The van der Waals surface area contributed by atoms with Crippen molar-refractivity contribution in [2.45, 2.75) is 57.4 Å². The van der Waals surface area contributed by atoms with Crippen LogP contribution in [0.3, 0.4) is 0 Å². The summed E-state index contributed by atoms with van der Waals surface area (Å²) in [5.74, 6) is -0.0950. The Balaban J connectivity index is 2.58. The molecule has 1 aliphatic heterocycles. The van der Waals surface area contributed by atoms with Gasteiger partial charge in [-0.25, -0.2) is 9.18 Å². The number of hydrogen-bond acceptors (Lipinski definition) is 6. The molecule has 2 rings (SSSR count). The fourth-order valence-electron chi connectivity index (χ4n) is 3.16. The van der Waals surface area contributed by atoms with Crippen molar-refractivity contribution in [2.24, 2.45) is 4.99 Å². The molecule has 0 fully saturated rings. The lowest BCUT2D eigenvalue weighted by molar-refractivity contribution is 0.0560. The SMILES string of the molecule is CNS1(O)C[C@@](C)(c2cc(N)ccc2F)N=C(NC(=O)OC(C)(C)C)C1(C)C. The monoisotopic (exact) mass is 414 g/mol. The molecule has 5 N–H and O–H groups in total. The van der Waals surface area contributed by atoms with Crippen LogP contribution in [0.25, 0.3) is 0 Å². The molecule has 158 valence electrons. The summed E-state index contributed by atoms with van der Waals surface area (Å²) in [4.78, 5) is 17.1. The second kappa shape index (κ2) is 7.20. The Hall–Kier alpha value is -1.84. The molecule has 0 aromatic heterocycles. The molecule has 0 saturated carbocycles. The number of anilines is 1. The molecule has 0 spiro atoms. The van der Waals surface area contributed by atoms with Gasteiger partial charge in [0.25, 0.3) is 0 Å². The van der Waals surface area contributed by atoms with Gasteiger partial charge in [-0.3, -0.25) is 15.0 Å². The highest BCUT2D eigenvalue weighted by Crippen LogP contribution is 2.59. The number of benzene rings is 1. The van der Waals surface area contributed by atoms with Crippen LogP contribution in [0.4, 0.5) is 14.9 Å². The van der Waals surface area contributed by atoms with Gasteiger partial charge in [0.05, 0.1) is 10.3 Å². The normalized spacial score (nSPS) is 29.4. The topological polar surface area (TPSA) is 109 Å². The number of ether oxygens (including phenoxy) is 1. The van der Waals surface area contributed by atoms with Gasteiger partial charge in [0.1, 0.15) is 17.3 Å². The molecule has 28 heavy (non-hydrogen) atoms. The van der Waals surface area contributed by atoms with Crippen LogP contribution in [-0.4, -0.2) is 39.6 Å². The van der Waals surface area contributed by atoms with Crippen LogP contribution in [-0.2, 0) is 10.3 Å². The third-order valence-electron chi connectivity index (χ3n) is 4.79. The summed E-state index contributed by atoms with van der Waals surface area (Å²) in [5.41, 5.74) is 4.68. The number of carbonyl (C=O) groups excluding carboxylic acids is 1. The number of amidine groups is 1. The smallest absolute Gasteiger partial charge is 0.413 e. The van der Waals surface area contributed by atoms with Gasteiger partial charge >= 0.3 is 6.09 Å². The Bertz CT molecular complexity index is 809. The Kier molecular flexibility index (Phi) is 5.77. The van der Waals surface area contributed by atoms with Crippen molar-refractivity contribution >= 4 is 28.1 Å². The summed E-state index contributed by atoms with van der Waals surface area (Å²) in [5, 5.41) is 2.67. The number of rotatable bonds is 2. The fraction of sp³-hybridized carbons (Fsp3) is 0.579. The number of hydrogen-bond donors (Lipinski definition) is 4. The highest BCUT2D eigenvalue weighted by atomic mass is 32.3. The van der Waals surface area contributed by atoms with E-state index in [-0.39, 0.29) is 17.2 Å². The van der Waals surface area contributed by atoms with Crippen LogP contribution in [0.2, 0.25) is 0 Å². The van der Waals surface area contributed by atoms with Crippen molar-refractivity contribution < 1.29 is 18.5 Å². The van der Waals surface area contributed by atoms with Gasteiger partial charge in [-0.15, -0.1) is 0 Å². The van der Waals surface area contributed by atoms with Crippen molar-refractivity contribution in [3.05, 3.63) is 29.6 Å². The van der Waals surface area contributed by atoms with E-state index in [9.17, 15) is 13.7 Å². The molecule has 1 aromatic carbocycles. The number of amides is 1. The van der Waals surface area contributed by atoms with Crippen molar-refractivity contribution in [3.8, 4) is 0 Å². The van der Waals surface area contributed by atoms with E-state index in [4.69, 9.17) is 10.5 Å². The Morgan fingerprint density at radius 3 is 2.50 bits per heavy atom. The molecule has 1 aromatic rings. The standard InChI is InChI=1S/C19H31FN4O3S/c1-17(2,3)27-16(25)23-15-18(4,5)28(26,22-7)11-19(6,24-15)13-10-12(21)8-9-14(13)20/h8-10,22,26H,11,21H2,1-7H3,(H,23,24,25)/t19-/m0/s1. The first-order chi connectivity index (χ1) is 12.6. The number of alkyl carbamates (subject to hydrolysis) is 1. The van der Waals surface area contributed by atoms with E-state index in [1.165, 1.54) is 18.2 Å². The quantitative estimate of drug-likeness (QED) is 0.551. The molecule has 9 heteroatoms. The molecule has 2 atom stereocenters. The van der Waals surface area contributed by atoms with Crippen molar-refractivity contribution in [1.82, 2.24) is 10.0 Å². The zero-order valence-electron chi connectivity index (χ0n) is 17.5. The Labute approximate surface area is 167 Å². The molecular weight excluding hydrogens is 383 g/mol. The molecule has 0 bridgehead atoms. The first-order valence-corrected chi connectivity index (χ1v) is 10.8. The number of aliphatic imine (C=N–C) groups is 1. The molecule has 0 radical (unpaired) electrons. The lowest BCUT2D eigenvalue weighted by Gasteiger charge is -2.54. The highest BCUT2D eigenvalue weighted by molar-refractivity contribution is 8.29. The van der Waals surface area contributed by atoms with Crippen molar-refractivity contribution in [2.75, 3.05) is 18.5 Å². The fourth-order valence-corrected chi connectivity index (χ4v) is 5.63. The summed E-state index contributed by atoms with van der Waals surface area (Å²) in [7, 11) is -0.896. The average molecular weight is 415 g/mol. The summed E-state index contributed by atoms with van der Waals surface area (Å²) >= 11 is 0. The van der Waals surface area contributed by atoms with E-state index in [0.29, 0.717) is 5.69 Å². The minimum Gasteiger partial charge on any atom is -0.444 e. The highest BCUT2D eigenvalue weighted by Gasteiger charge is 2.52. The predicted molar refractivity (Wildman–Crippen MR) is 113 cm³/mol. The summed E-state index contributed by atoms with van der Waals surface area (Å²) in [6, 6.07) is 4.26. The maximum Gasteiger partial charge on any atom is 0.413 e. The van der Waals surface area contributed by atoms with Gasteiger partial charge in [0.2, 0.25) is 0 Å². The molecular formula is C19H31FN4O3S. The molecule has 1 aliphatic rings. The van der Waals surface area contributed by atoms with E-state index < -0.39 is 38.3 Å². The van der Waals surface area contributed by atoms with E-state index >= 15 is 0 Å². The molecule has 0 saturated heterocycles. The predicted octanol–water partition coefficient (Wildman–Crippen LogP) is 3.75. The van der Waals surface area contributed by atoms with Gasteiger partial charge < -0.3 is 15.0 Å². The lowest BCUT2D eigenvalue weighted by Crippen LogP contribution is -2.58. The van der Waals surface area contributed by atoms with E-state index in [1.54, 1.807) is 48.6 Å². The molecule has 1 unspecified atom stereocenters.